The van der Waals surface area contributed by atoms with Crippen LogP contribution >= 0.6 is 11.3 Å². The van der Waals surface area contributed by atoms with Crippen molar-refractivity contribution < 1.29 is 4.74 Å². The Labute approximate surface area is 208 Å². The molecule has 3 rings (SSSR count). The van der Waals surface area contributed by atoms with E-state index in [1.54, 1.807) is 11.3 Å². The molecule has 0 atom stereocenters. The highest BCUT2D eigenvalue weighted by Crippen LogP contribution is 2.36. The Morgan fingerprint density at radius 2 is 1.59 bits per heavy atom. The maximum Gasteiger partial charge on any atom is 0.186 e. The Morgan fingerprint density at radius 1 is 0.912 bits per heavy atom. The first-order valence-electron chi connectivity index (χ1n) is 12.1. The molecule has 2 aliphatic rings. The largest absolute Gasteiger partial charge is 0.489 e. The second-order valence-electron chi connectivity index (χ2n) is 9.50. The van der Waals surface area contributed by atoms with Gasteiger partial charge in [-0.2, -0.15) is 0 Å². The Kier molecular flexibility index (Phi) is 8.84. The smallest absolute Gasteiger partial charge is 0.186 e. The molecule has 0 spiro atoms. The van der Waals surface area contributed by atoms with Gasteiger partial charge in [0.2, 0.25) is 0 Å². The maximum atomic E-state index is 12.5. The highest BCUT2D eigenvalue weighted by molar-refractivity contribution is 7.21. The zero-order valence-electron chi connectivity index (χ0n) is 21.7. The summed E-state index contributed by atoms with van der Waals surface area (Å²) in [5.41, 5.74) is 8.73. The zero-order chi connectivity index (χ0) is 24.8. The predicted octanol–water partition coefficient (Wildman–Crippen LogP) is 8.48. The van der Waals surface area contributed by atoms with Crippen molar-refractivity contribution in [3.05, 3.63) is 80.1 Å². The van der Waals surface area contributed by atoms with E-state index in [-0.39, 0.29) is 5.43 Å². The minimum absolute atomic E-state index is 0.119. The third-order valence-electron chi connectivity index (χ3n) is 6.33. The van der Waals surface area contributed by atoms with Crippen molar-refractivity contribution in [2.45, 2.75) is 74.1 Å². The van der Waals surface area contributed by atoms with Crippen LogP contribution in [0, 0.1) is 20.8 Å². The Bertz CT molecular complexity index is 1290. The highest BCUT2D eigenvalue weighted by Gasteiger charge is 2.18. The van der Waals surface area contributed by atoms with Crippen LogP contribution in [-0.4, -0.2) is 11.6 Å². The molecule has 0 fully saturated rings. The summed E-state index contributed by atoms with van der Waals surface area (Å²) < 4.78 is 7.05. The summed E-state index contributed by atoms with van der Waals surface area (Å²) in [6.07, 6.45) is 11.2. The van der Waals surface area contributed by atoms with Crippen molar-refractivity contribution in [2.75, 3.05) is 6.61 Å². The third-order valence-corrected chi connectivity index (χ3v) is 7.59. The molecule has 34 heavy (non-hydrogen) atoms. The van der Waals surface area contributed by atoms with E-state index in [1.807, 2.05) is 39.0 Å². The number of rotatable bonds is 9. The molecule has 1 aromatic carbocycles. The van der Waals surface area contributed by atoms with Crippen LogP contribution in [0.3, 0.4) is 0 Å². The van der Waals surface area contributed by atoms with Crippen LogP contribution in [0.25, 0.3) is 20.8 Å². The second kappa shape index (κ2) is 11.6. The summed E-state index contributed by atoms with van der Waals surface area (Å²) in [5.74, 6) is 0.827. The normalized spacial score (nSPS) is 12.4. The number of benzene rings is 2. The van der Waals surface area contributed by atoms with Crippen molar-refractivity contribution in [1.29, 1.82) is 0 Å². The first-order valence-corrected chi connectivity index (χ1v) is 12.9. The number of aromatic nitrogens is 1. The van der Waals surface area contributed by atoms with Gasteiger partial charge in [-0.25, -0.2) is 4.98 Å². The summed E-state index contributed by atoms with van der Waals surface area (Å²) >= 11 is 1.62. The summed E-state index contributed by atoms with van der Waals surface area (Å²) in [6.45, 7) is 15.0. The average Bonchev–Trinajstić information content (AvgIpc) is 2.80. The van der Waals surface area contributed by atoms with Crippen LogP contribution in [0.5, 0.6) is 5.75 Å². The fourth-order valence-electron chi connectivity index (χ4n) is 3.95. The number of hydrogen-bond acceptors (Lipinski definition) is 4. The molecule has 0 saturated heterocycles. The first kappa shape index (κ1) is 25.9. The number of fused-ring (bicyclic) bond motifs is 2. The molecule has 3 nitrogen and oxygen atoms in total. The molecule has 0 N–H and O–H groups in total. The van der Waals surface area contributed by atoms with E-state index < -0.39 is 0 Å². The average molecular weight is 476 g/mol. The lowest BCUT2D eigenvalue weighted by Crippen LogP contribution is -2.13. The molecule has 1 heterocycles. The summed E-state index contributed by atoms with van der Waals surface area (Å²) in [5, 5.41) is 0. The van der Waals surface area contributed by atoms with Crippen LogP contribution in [0.4, 0.5) is 0 Å². The molecule has 4 heteroatoms. The van der Waals surface area contributed by atoms with Gasteiger partial charge in [0.25, 0.3) is 0 Å². The van der Waals surface area contributed by atoms with Gasteiger partial charge < -0.3 is 4.74 Å². The molecule has 0 saturated carbocycles. The van der Waals surface area contributed by atoms with Crippen molar-refractivity contribution in [3.8, 4) is 16.3 Å². The van der Waals surface area contributed by atoms with E-state index in [9.17, 15) is 4.79 Å². The molecule has 180 valence electrons. The van der Waals surface area contributed by atoms with E-state index in [1.165, 1.54) is 16.7 Å². The second-order valence-corrected chi connectivity index (χ2v) is 10.5. The number of allylic oxidation sites excluding steroid dienone is 5. The van der Waals surface area contributed by atoms with E-state index >= 15 is 0 Å². The minimum atomic E-state index is 0.119. The van der Waals surface area contributed by atoms with Gasteiger partial charge in [0, 0.05) is 11.1 Å². The Morgan fingerprint density at radius 3 is 2.29 bits per heavy atom. The molecule has 0 bridgehead atoms. The Balaban J connectivity index is 1.64. The minimum Gasteiger partial charge on any atom is -0.489 e. The van der Waals surface area contributed by atoms with Crippen molar-refractivity contribution in [2.24, 2.45) is 0 Å². The van der Waals surface area contributed by atoms with Crippen molar-refractivity contribution >= 4 is 21.6 Å². The highest BCUT2D eigenvalue weighted by atomic mass is 32.1. The van der Waals surface area contributed by atoms with Gasteiger partial charge in [-0.05, 0) is 104 Å². The molecule has 0 unspecified atom stereocenters. The number of nitrogens with zero attached hydrogens (tertiary/aromatic N) is 1. The van der Waals surface area contributed by atoms with Crippen molar-refractivity contribution in [3.63, 3.8) is 0 Å². The SMILES string of the molecule is CC(C)=CCCC(C)=CCCC(C)=CCOc1ccc2nc3c(C)c(C)c(=O)c(C)c-3sc2c1. The third kappa shape index (κ3) is 6.44. The van der Waals surface area contributed by atoms with Crippen LogP contribution in [0.1, 0.15) is 70.1 Å². The van der Waals surface area contributed by atoms with Crippen LogP contribution in [0.15, 0.2) is 57.9 Å². The number of hydrogen-bond donors (Lipinski definition) is 0. The molecule has 0 radical (unpaired) electrons. The van der Waals surface area contributed by atoms with Gasteiger partial charge in [0.15, 0.2) is 5.43 Å². The fraction of sp³-hybridized carbons (Fsp3) is 0.400. The van der Waals surface area contributed by atoms with Gasteiger partial charge >= 0.3 is 0 Å². The molecular weight excluding hydrogens is 438 g/mol. The lowest BCUT2D eigenvalue weighted by atomic mass is 10.0. The summed E-state index contributed by atoms with van der Waals surface area (Å²) in [7, 11) is 0. The Hall–Kier alpha value is -2.72. The van der Waals surface area contributed by atoms with Gasteiger partial charge in [-0.3, -0.25) is 4.79 Å². The fourth-order valence-corrected chi connectivity index (χ4v) is 5.10. The lowest BCUT2D eigenvalue weighted by Gasteiger charge is -2.14. The summed E-state index contributed by atoms with van der Waals surface area (Å²) in [6, 6.07) is 6.02. The zero-order valence-corrected chi connectivity index (χ0v) is 22.5. The van der Waals surface area contributed by atoms with E-state index in [4.69, 9.17) is 9.72 Å². The maximum absolute atomic E-state index is 12.5. The molecule has 1 aliphatic heterocycles. The van der Waals surface area contributed by atoms with Gasteiger partial charge in [0.05, 0.1) is 20.8 Å². The first-order chi connectivity index (χ1) is 16.2. The monoisotopic (exact) mass is 475 g/mol. The van der Waals surface area contributed by atoms with E-state index in [0.717, 1.165) is 68.9 Å². The van der Waals surface area contributed by atoms with Crippen LogP contribution in [0.2, 0.25) is 0 Å². The molecule has 1 aliphatic carbocycles. The van der Waals surface area contributed by atoms with Crippen LogP contribution < -0.4 is 10.2 Å². The van der Waals surface area contributed by atoms with E-state index in [2.05, 4.69) is 45.9 Å². The predicted molar refractivity (Wildman–Crippen MR) is 148 cm³/mol. The number of ether oxygens (including phenoxy) is 1. The lowest BCUT2D eigenvalue weighted by molar-refractivity contribution is 0.362. The van der Waals surface area contributed by atoms with Gasteiger partial charge in [-0.15, -0.1) is 11.3 Å². The molecular formula is C30H37NO2S. The standard InChI is InChI=1S/C30H37NO2S/c1-19(2)10-8-11-20(3)12-9-13-21(4)16-17-33-25-14-15-26-27(18-25)34-30-24(7)29(32)23(6)22(5)28(30)31-26/h10,12,14-16,18H,8-9,11,13,17H2,1-7H3. The van der Waals surface area contributed by atoms with Gasteiger partial charge in [-0.1, -0.05) is 28.9 Å². The topological polar surface area (TPSA) is 39.2 Å². The summed E-state index contributed by atoms with van der Waals surface area (Å²) in [4.78, 5) is 18.4. The van der Waals surface area contributed by atoms with Crippen molar-refractivity contribution in [1.82, 2.24) is 4.98 Å². The molecule has 0 aromatic heterocycles. The van der Waals surface area contributed by atoms with E-state index in [0.29, 0.717) is 6.61 Å². The molecule has 1 aromatic rings. The molecule has 0 amide bonds. The van der Waals surface area contributed by atoms with Crippen LogP contribution in [-0.2, 0) is 0 Å². The quantitative estimate of drug-likeness (QED) is 0.230. The van der Waals surface area contributed by atoms with Gasteiger partial charge in [0.1, 0.15) is 12.4 Å².